The van der Waals surface area contributed by atoms with Crippen molar-refractivity contribution in [2.45, 2.75) is 26.2 Å². The van der Waals surface area contributed by atoms with Crippen LogP contribution in [0.2, 0.25) is 0 Å². The lowest BCUT2D eigenvalue weighted by atomic mass is 10.1. The molecule has 0 radical (unpaired) electrons. The quantitative estimate of drug-likeness (QED) is 0.645. The van der Waals surface area contributed by atoms with Crippen LogP contribution in [0.4, 0.5) is 5.69 Å². The van der Waals surface area contributed by atoms with Gasteiger partial charge in [0, 0.05) is 16.8 Å². The summed E-state index contributed by atoms with van der Waals surface area (Å²) in [5.41, 5.74) is 9.86. The summed E-state index contributed by atoms with van der Waals surface area (Å²) in [5.74, 6) is 6.30. The Morgan fingerprint density at radius 3 is 2.37 bits per heavy atom. The minimum Gasteiger partial charge on any atom is -0.399 e. The van der Waals surface area contributed by atoms with E-state index in [1.54, 1.807) is 0 Å². The second kappa shape index (κ2) is 6.66. The fourth-order valence-corrected chi connectivity index (χ4v) is 1.90. The lowest BCUT2D eigenvalue weighted by Crippen LogP contribution is -1.85. The number of nitrogen functional groups attached to an aromatic ring is 1. The zero-order valence-electron chi connectivity index (χ0n) is 11.3. The molecular formula is C18H19N. The molecule has 2 rings (SSSR count). The second-order valence-electron chi connectivity index (χ2n) is 4.68. The van der Waals surface area contributed by atoms with E-state index in [1.807, 2.05) is 24.3 Å². The molecule has 0 aliphatic carbocycles. The number of nitrogens with two attached hydrogens (primary N) is 1. The van der Waals surface area contributed by atoms with Crippen LogP contribution in [-0.4, -0.2) is 0 Å². The molecule has 0 amide bonds. The molecule has 2 aromatic rings. The molecular weight excluding hydrogens is 230 g/mol. The van der Waals surface area contributed by atoms with Gasteiger partial charge in [-0.1, -0.05) is 43.4 Å². The maximum absolute atomic E-state index is 5.73. The van der Waals surface area contributed by atoms with Crippen LogP contribution < -0.4 is 5.73 Å². The SMILES string of the molecule is CCCCc1ccc(C#Cc2cccc(N)c2)cc1. The van der Waals surface area contributed by atoms with Crippen molar-refractivity contribution >= 4 is 5.69 Å². The number of hydrogen-bond acceptors (Lipinski definition) is 1. The molecule has 0 aliphatic heterocycles. The zero-order valence-corrected chi connectivity index (χ0v) is 11.3. The summed E-state index contributed by atoms with van der Waals surface area (Å²) in [7, 11) is 0. The number of aryl methyl sites for hydroxylation is 1. The van der Waals surface area contributed by atoms with Gasteiger partial charge in [0.25, 0.3) is 0 Å². The molecule has 2 aromatic carbocycles. The third-order valence-corrected chi connectivity index (χ3v) is 3.01. The molecule has 1 nitrogen and oxygen atoms in total. The first-order valence-corrected chi connectivity index (χ1v) is 6.74. The monoisotopic (exact) mass is 249 g/mol. The third-order valence-electron chi connectivity index (χ3n) is 3.01. The maximum atomic E-state index is 5.73. The van der Waals surface area contributed by atoms with Gasteiger partial charge < -0.3 is 5.73 Å². The molecule has 0 spiro atoms. The highest BCUT2D eigenvalue weighted by Crippen LogP contribution is 2.08. The number of rotatable bonds is 3. The van der Waals surface area contributed by atoms with E-state index in [9.17, 15) is 0 Å². The summed E-state index contributed by atoms with van der Waals surface area (Å²) >= 11 is 0. The van der Waals surface area contributed by atoms with Gasteiger partial charge in [0.2, 0.25) is 0 Å². The van der Waals surface area contributed by atoms with Gasteiger partial charge in [0.1, 0.15) is 0 Å². The molecule has 0 saturated heterocycles. The predicted molar refractivity (Wildman–Crippen MR) is 81.9 cm³/mol. The number of hydrogen-bond donors (Lipinski definition) is 1. The van der Waals surface area contributed by atoms with Gasteiger partial charge in [-0.25, -0.2) is 0 Å². The Morgan fingerprint density at radius 2 is 1.68 bits per heavy atom. The van der Waals surface area contributed by atoms with Gasteiger partial charge in [0.15, 0.2) is 0 Å². The maximum Gasteiger partial charge on any atom is 0.0326 e. The van der Waals surface area contributed by atoms with Gasteiger partial charge in [0.05, 0.1) is 0 Å². The number of anilines is 1. The van der Waals surface area contributed by atoms with E-state index in [4.69, 9.17) is 5.73 Å². The van der Waals surface area contributed by atoms with E-state index in [-0.39, 0.29) is 0 Å². The van der Waals surface area contributed by atoms with Crippen molar-refractivity contribution in [3.8, 4) is 11.8 Å². The second-order valence-corrected chi connectivity index (χ2v) is 4.68. The van der Waals surface area contributed by atoms with Gasteiger partial charge >= 0.3 is 0 Å². The van der Waals surface area contributed by atoms with Crippen molar-refractivity contribution in [1.29, 1.82) is 0 Å². The van der Waals surface area contributed by atoms with E-state index in [0.717, 1.165) is 23.2 Å². The molecule has 0 unspecified atom stereocenters. The zero-order chi connectivity index (χ0) is 13.5. The molecule has 0 aliphatic rings. The Bertz CT molecular complexity index is 585. The van der Waals surface area contributed by atoms with Crippen molar-refractivity contribution in [1.82, 2.24) is 0 Å². The first kappa shape index (κ1) is 13.2. The smallest absolute Gasteiger partial charge is 0.0326 e. The van der Waals surface area contributed by atoms with Crippen LogP contribution in [0.15, 0.2) is 48.5 Å². The Kier molecular flexibility index (Phi) is 4.64. The standard InChI is InChI=1S/C18H19N/c1-2-3-5-15-8-10-16(11-9-15)12-13-17-6-4-7-18(19)14-17/h4,6-11,14H,2-3,5,19H2,1H3. The van der Waals surface area contributed by atoms with Gasteiger partial charge in [-0.05, 0) is 48.7 Å². The largest absolute Gasteiger partial charge is 0.399 e. The average Bonchev–Trinajstić information content (AvgIpc) is 2.44. The Labute approximate surface area is 115 Å². The van der Waals surface area contributed by atoms with E-state index in [2.05, 4.69) is 43.0 Å². The average molecular weight is 249 g/mol. The van der Waals surface area contributed by atoms with Crippen LogP contribution in [0.3, 0.4) is 0 Å². The number of unbranched alkanes of at least 4 members (excludes halogenated alkanes) is 1. The summed E-state index contributed by atoms with van der Waals surface area (Å²) in [5, 5.41) is 0. The third kappa shape index (κ3) is 4.19. The summed E-state index contributed by atoms with van der Waals surface area (Å²) in [4.78, 5) is 0. The van der Waals surface area contributed by atoms with E-state index >= 15 is 0 Å². The predicted octanol–water partition coefficient (Wildman–Crippen LogP) is 4.01. The molecule has 0 atom stereocenters. The first-order valence-electron chi connectivity index (χ1n) is 6.74. The van der Waals surface area contributed by atoms with Gasteiger partial charge in [-0.15, -0.1) is 0 Å². The molecule has 96 valence electrons. The summed E-state index contributed by atoms with van der Waals surface area (Å²) in [6.07, 6.45) is 3.63. The first-order chi connectivity index (χ1) is 9.28. The summed E-state index contributed by atoms with van der Waals surface area (Å²) in [6.45, 7) is 2.21. The van der Waals surface area contributed by atoms with Crippen LogP contribution >= 0.6 is 0 Å². The normalized spacial score (nSPS) is 9.74. The van der Waals surface area contributed by atoms with E-state index in [0.29, 0.717) is 0 Å². The van der Waals surface area contributed by atoms with Crippen LogP contribution in [0, 0.1) is 11.8 Å². The summed E-state index contributed by atoms with van der Waals surface area (Å²) < 4.78 is 0. The lowest BCUT2D eigenvalue weighted by molar-refractivity contribution is 0.795. The van der Waals surface area contributed by atoms with Crippen LogP contribution in [-0.2, 0) is 6.42 Å². The molecule has 0 saturated carbocycles. The highest BCUT2D eigenvalue weighted by Gasteiger charge is 1.93. The van der Waals surface area contributed by atoms with Crippen molar-refractivity contribution in [2.24, 2.45) is 0 Å². The molecule has 1 heteroatoms. The van der Waals surface area contributed by atoms with Crippen molar-refractivity contribution < 1.29 is 0 Å². The van der Waals surface area contributed by atoms with Gasteiger partial charge in [-0.2, -0.15) is 0 Å². The van der Waals surface area contributed by atoms with E-state index < -0.39 is 0 Å². The van der Waals surface area contributed by atoms with Crippen molar-refractivity contribution in [3.05, 3.63) is 65.2 Å². The summed E-state index contributed by atoms with van der Waals surface area (Å²) in [6, 6.07) is 16.2. The number of benzene rings is 2. The van der Waals surface area contributed by atoms with Crippen LogP contribution in [0.5, 0.6) is 0 Å². The molecule has 2 N–H and O–H groups in total. The molecule has 0 heterocycles. The molecule has 0 fully saturated rings. The lowest BCUT2D eigenvalue weighted by Gasteiger charge is -1.99. The Balaban J connectivity index is 2.08. The fourth-order valence-electron chi connectivity index (χ4n) is 1.90. The minimum atomic E-state index is 0.752. The molecule has 19 heavy (non-hydrogen) atoms. The fraction of sp³-hybridized carbons (Fsp3) is 0.222. The van der Waals surface area contributed by atoms with Crippen LogP contribution in [0.25, 0.3) is 0 Å². The van der Waals surface area contributed by atoms with Crippen molar-refractivity contribution in [2.75, 3.05) is 5.73 Å². The highest BCUT2D eigenvalue weighted by atomic mass is 14.5. The van der Waals surface area contributed by atoms with Crippen molar-refractivity contribution in [3.63, 3.8) is 0 Å². The Hall–Kier alpha value is -2.20. The minimum absolute atomic E-state index is 0.752. The molecule has 0 bridgehead atoms. The topological polar surface area (TPSA) is 26.0 Å². The Morgan fingerprint density at radius 1 is 0.947 bits per heavy atom. The highest BCUT2D eigenvalue weighted by molar-refractivity contribution is 5.49. The van der Waals surface area contributed by atoms with Gasteiger partial charge in [-0.3, -0.25) is 0 Å². The molecule has 0 aromatic heterocycles. The van der Waals surface area contributed by atoms with E-state index in [1.165, 1.54) is 18.4 Å². The van der Waals surface area contributed by atoms with Crippen LogP contribution in [0.1, 0.15) is 36.5 Å².